The summed E-state index contributed by atoms with van der Waals surface area (Å²) < 4.78 is 5.47. The molecule has 1 atom stereocenters. The van der Waals surface area contributed by atoms with Crippen LogP contribution in [0.3, 0.4) is 0 Å². The number of amides is 1. The molecule has 0 aliphatic rings. The lowest BCUT2D eigenvalue weighted by atomic mass is 10.1. The maximum atomic E-state index is 12.0. The highest BCUT2D eigenvalue weighted by Crippen LogP contribution is 2.34. The summed E-state index contributed by atoms with van der Waals surface area (Å²) in [4.78, 5) is 32.4. The van der Waals surface area contributed by atoms with Gasteiger partial charge < -0.3 is 9.84 Å². The molecule has 2 N–H and O–H groups in total. The van der Waals surface area contributed by atoms with Crippen LogP contribution in [0.2, 0.25) is 0 Å². The van der Waals surface area contributed by atoms with Gasteiger partial charge in [-0.1, -0.05) is 30.3 Å². The first kappa shape index (κ1) is 22.1. The molecule has 0 heterocycles. The predicted molar refractivity (Wildman–Crippen MR) is 113 cm³/mol. The molecule has 11 heteroatoms. The van der Waals surface area contributed by atoms with Crippen LogP contribution in [-0.4, -0.2) is 27.1 Å². The summed E-state index contributed by atoms with van der Waals surface area (Å²) in [5.41, 5.74) is 2.29. The highest BCUT2D eigenvalue weighted by atomic mass is 16.6. The van der Waals surface area contributed by atoms with E-state index in [1.54, 1.807) is 42.5 Å². The zero-order valence-corrected chi connectivity index (χ0v) is 16.3. The first-order valence-corrected chi connectivity index (χ1v) is 9.12. The van der Waals surface area contributed by atoms with Gasteiger partial charge in [-0.3, -0.25) is 25.0 Å². The van der Waals surface area contributed by atoms with Gasteiger partial charge in [-0.15, -0.1) is 0 Å². The smallest absolute Gasteiger partial charge is 0.318 e. The number of carbonyl (C=O) groups is 1. The Morgan fingerprint density at radius 2 is 1.69 bits per heavy atom. The lowest BCUT2D eigenvalue weighted by molar-refractivity contribution is -0.394. The zero-order chi connectivity index (χ0) is 23.1. The molecular weight excluding hydrogens is 420 g/mol. The van der Waals surface area contributed by atoms with Gasteiger partial charge >= 0.3 is 5.69 Å². The number of aliphatic hydroxyl groups is 1. The third-order valence-electron chi connectivity index (χ3n) is 4.21. The summed E-state index contributed by atoms with van der Waals surface area (Å²) in [6.45, 7) is 0. The number of nitro benzene ring substituents is 2. The summed E-state index contributed by atoms with van der Waals surface area (Å²) in [5.74, 6) is -0.593. The van der Waals surface area contributed by atoms with E-state index in [9.17, 15) is 30.1 Å². The fourth-order valence-corrected chi connectivity index (χ4v) is 2.62. The van der Waals surface area contributed by atoms with Crippen LogP contribution in [0.15, 0.2) is 77.9 Å². The quantitative estimate of drug-likeness (QED) is 0.311. The van der Waals surface area contributed by atoms with E-state index in [-0.39, 0.29) is 11.5 Å². The molecule has 0 unspecified atom stereocenters. The van der Waals surface area contributed by atoms with Crippen LogP contribution >= 0.6 is 0 Å². The number of hydrogen-bond donors (Lipinski definition) is 2. The second-order valence-corrected chi connectivity index (χ2v) is 6.38. The maximum absolute atomic E-state index is 12.0. The van der Waals surface area contributed by atoms with E-state index < -0.39 is 33.2 Å². The van der Waals surface area contributed by atoms with Crippen LogP contribution in [0, 0.1) is 20.2 Å². The van der Waals surface area contributed by atoms with Gasteiger partial charge in [0.2, 0.25) is 5.75 Å². The third kappa shape index (κ3) is 5.49. The molecular formula is C21H16N4O7. The number of rotatable bonds is 8. The Balaban J connectivity index is 1.64. The summed E-state index contributed by atoms with van der Waals surface area (Å²) in [5, 5.41) is 35.8. The number of benzene rings is 3. The normalized spacial score (nSPS) is 11.7. The van der Waals surface area contributed by atoms with Crippen LogP contribution in [-0.2, 0) is 4.79 Å². The van der Waals surface area contributed by atoms with Crippen molar-refractivity contribution in [3.8, 4) is 11.5 Å². The van der Waals surface area contributed by atoms with E-state index in [4.69, 9.17) is 4.74 Å². The van der Waals surface area contributed by atoms with E-state index >= 15 is 0 Å². The topological polar surface area (TPSA) is 157 Å². The number of nitrogens with zero attached hydrogens (tertiary/aromatic N) is 3. The van der Waals surface area contributed by atoms with Crippen molar-refractivity contribution in [1.29, 1.82) is 0 Å². The average Bonchev–Trinajstić information content (AvgIpc) is 2.80. The summed E-state index contributed by atoms with van der Waals surface area (Å²) >= 11 is 0. The lowest BCUT2D eigenvalue weighted by Crippen LogP contribution is -2.25. The third-order valence-corrected chi connectivity index (χ3v) is 4.21. The minimum Gasteiger partial charge on any atom is -0.450 e. The van der Waals surface area contributed by atoms with Crippen LogP contribution < -0.4 is 10.2 Å². The molecule has 0 bridgehead atoms. The number of nitrogens with one attached hydrogen (secondary N) is 1. The number of hydrazone groups is 1. The zero-order valence-electron chi connectivity index (χ0n) is 16.3. The second-order valence-electron chi connectivity index (χ2n) is 6.38. The van der Waals surface area contributed by atoms with Gasteiger partial charge in [0.05, 0.1) is 22.1 Å². The molecule has 3 aromatic carbocycles. The van der Waals surface area contributed by atoms with Gasteiger partial charge in [0.1, 0.15) is 5.75 Å². The molecule has 162 valence electrons. The standard InChI is InChI=1S/C21H16N4O7/c26-20(15-4-2-1-3-5-15)21(27)23-22-13-14-6-9-17(10-7-14)32-19-11-8-16(24(28)29)12-18(19)25(30)31/h1-13,20,26H,(H,23,27)/b22-13-/t20-/m1/s1. The second kappa shape index (κ2) is 9.91. The molecule has 32 heavy (non-hydrogen) atoms. The van der Waals surface area contributed by atoms with E-state index in [1.807, 2.05) is 0 Å². The van der Waals surface area contributed by atoms with Crippen LogP contribution in [0.5, 0.6) is 11.5 Å². The SMILES string of the molecule is O=C(N/N=C\c1ccc(Oc2ccc([N+](=O)[O-])cc2[N+](=O)[O-])cc1)[C@H](O)c1ccccc1. The molecule has 0 fully saturated rings. The summed E-state index contributed by atoms with van der Waals surface area (Å²) in [6, 6.07) is 17.6. The predicted octanol–water partition coefficient (Wildman–Crippen LogP) is 3.48. The minimum atomic E-state index is -1.36. The maximum Gasteiger partial charge on any atom is 0.318 e. The van der Waals surface area contributed by atoms with Gasteiger partial charge in [0, 0.05) is 6.07 Å². The molecule has 0 aliphatic heterocycles. The molecule has 11 nitrogen and oxygen atoms in total. The number of ether oxygens (including phenoxy) is 1. The largest absolute Gasteiger partial charge is 0.450 e. The van der Waals surface area contributed by atoms with Crippen molar-refractivity contribution in [2.75, 3.05) is 0 Å². The minimum absolute atomic E-state index is 0.149. The van der Waals surface area contributed by atoms with Crippen molar-refractivity contribution in [1.82, 2.24) is 5.43 Å². The number of carbonyl (C=O) groups excluding carboxylic acids is 1. The molecule has 0 aromatic heterocycles. The van der Waals surface area contributed by atoms with Gasteiger partial charge in [0.25, 0.3) is 11.6 Å². The number of non-ortho nitro benzene ring substituents is 1. The van der Waals surface area contributed by atoms with E-state index in [2.05, 4.69) is 10.5 Å². The summed E-state index contributed by atoms with van der Waals surface area (Å²) in [6.07, 6.45) is -0.0186. The van der Waals surface area contributed by atoms with Crippen molar-refractivity contribution >= 4 is 23.5 Å². The van der Waals surface area contributed by atoms with Crippen molar-refractivity contribution in [2.24, 2.45) is 5.10 Å². The van der Waals surface area contributed by atoms with Gasteiger partial charge in [-0.05, 0) is 41.5 Å². The number of nitro groups is 2. The van der Waals surface area contributed by atoms with E-state index in [1.165, 1.54) is 18.3 Å². The molecule has 0 spiro atoms. The summed E-state index contributed by atoms with van der Waals surface area (Å²) in [7, 11) is 0. The molecule has 3 aromatic rings. The van der Waals surface area contributed by atoms with Crippen molar-refractivity contribution in [3.05, 3.63) is 104 Å². The molecule has 3 rings (SSSR count). The average molecular weight is 436 g/mol. The van der Waals surface area contributed by atoms with Crippen molar-refractivity contribution in [3.63, 3.8) is 0 Å². The molecule has 0 aliphatic carbocycles. The number of aliphatic hydroxyl groups excluding tert-OH is 1. The molecule has 0 saturated heterocycles. The van der Waals surface area contributed by atoms with E-state index in [0.717, 1.165) is 18.2 Å². The molecule has 0 saturated carbocycles. The molecule has 1 amide bonds. The van der Waals surface area contributed by atoms with Crippen molar-refractivity contribution < 1.29 is 24.5 Å². The Labute approximate surface area is 180 Å². The lowest BCUT2D eigenvalue weighted by Gasteiger charge is -2.08. The van der Waals surface area contributed by atoms with Gasteiger partial charge in [-0.2, -0.15) is 5.10 Å². The van der Waals surface area contributed by atoms with Crippen LogP contribution in [0.25, 0.3) is 0 Å². The number of hydrogen-bond acceptors (Lipinski definition) is 8. The Bertz CT molecular complexity index is 1160. The highest BCUT2D eigenvalue weighted by Gasteiger charge is 2.21. The fraction of sp³-hybridized carbons (Fsp3) is 0.0476. The van der Waals surface area contributed by atoms with Gasteiger partial charge in [0.15, 0.2) is 6.10 Å². The Morgan fingerprint density at radius 3 is 2.31 bits per heavy atom. The first-order valence-electron chi connectivity index (χ1n) is 9.12. The monoisotopic (exact) mass is 436 g/mol. The van der Waals surface area contributed by atoms with E-state index in [0.29, 0.717) is 11.1 Å². The Hall–Kier alpha value is -4.64. The Morgan fingerprint density at radius 1 is 1.00 bits per heavy atom. The highest BCUT2D eigenvalue weighted by molar-refractivity contribution is 5.85. The van der Waals surface area contributed by atoms with Crippen LogP contribution in [0.1, 0.15) is 17.2 Å². The Kier molecular flexibility index (Phi) is 6.83. The van der Waals surface area contributed by atoms with Crippen molar-refractivity contribution in [2.45, 2.75) is 6.10 Å². The fourth-order valence-electron chi connectivity index (χ4n) is 2.62. The van der Waals surface area contributed by atoms with Crippen LogP contribution in [0.4, 0.5) is 11.4 Å². The van der Waals surface area contributed by atoms with Gasteiger partial charge in [-0.25, -0.2) is 5.43 Å². The first-order chi connectivity index (χ1) is 15.3. The molecule has 0 radical (unpaired) electrons.